The first-order chi connectivity index (χ1) is 8.65. The molecule has 1 heterocycles. The van der Waals surface area contributed by atoms with Gasteiger partial charge >= 0.3 is 0 Å². The van der Waals surface area contributed by atoms with Crippen molar-refractivity contribution in [1.82, 2.24) is 10.2 Å². The average Bonchev–Trinajstić information content (AvgIpc) is 3.21. The van der Waals surface area contributed by atoms with Crippen molar-refractivity contribution in [2.45, 2.75) is 65.5 Å². The van der Waals surface area contributed by atoms with Gasteiger partial charge in [-0.1, -0.05) is 40.5 Å². The quantitative estimate of drug-likeness (QED) is 0.781. The Morgan fingerprint density at radius 2 is 1.89 bits per heavy atom. The van der Waals surface area contributed by atoms with E-state index in [0.717, 1.165) is 23.8 Å². The van der Waals surface area contributed by atoms with Gasteiger partial charge in [0.05, 0.1) is 0 Å². The van der Waals surface area contributed by atoms with Gasteiger partial charge in [0, 0.05) is 31.7 Å². The predicted octanol–water partition coefficient (Wildman–Crippen LogP) is 3.13. The fourth-order valence-electron chi connectivity index (χ4n) is 3.20. The Hall–Kier alpha value is -0.0800. The summed E-state index contributed by atoms with van der Waals surface area (Å²) in [5, 5.41) is 3.82. The van der Waals surface area contributed by atoms with Crippen LogP contribution in [0.25, 0.3) is 0 Å². The van der Waals surface area contributed by atoms with E-state index in [9.17, 15) is 0 Å². The third kappa shape index (κ3) is 3.48. The summed E-state index contributed by atoms with van der Waals surface area (Å²) in [6.07, 6.45) is 5.55. The van der Waals surface area contributed by atoms with Crippen LogP contribution in [0.3, 0.4) is 0 Å². The molecular formula is C16H32N2. The molecule has 2 aliphatic rings. The number of rotatable bonds is 6. The fraction of sp³-hybridized carbons (Fsp3) is 1.00. The molecule has 2 nitrogen and oxygen atoms in total. The van der Waals surface area contributed by atoms with Crippen molar-refractivity contribution in [1.29, 1.82) is 0 Å². The first-order valence-electron chi connectivity index (χ1n) is 8.13. The Kier molecular flexibility index (Phi) is 5.08. The third-order valence-corrected chi connectivity index (χ3v) is 5.23. The summed E-state index contributed by atoms with van der Waals surface area (Å²) >= 11 is 0. The Bertz CT molecular complexity index is 249. The molecule has 1 saturated heterocycles. The van der Waals surface area contributed by atoms with Crippen LogP contribution in [0, 0.1) is 17.8 Å². The zero-order chi connectivity index (χ0) is 13.1. The minimum atomic E-state index is 0.717. The molecule has 0 spiro atoms. The summed E-state index contributed by atoms with van der Waals surface area (Å²) in [5.74, 6) is 2.66. The highest BCUT2D eigenvalue weighted by atomic mass is 15.2. The van der Waals surface area contributed by atoms with Gasteiger partial charge in [-0.25, -0.2) is 0 Å². The van der Waals surface area contributed by atoms with Crippen molar-refractivity contribution < 1.29 is 0 Å². The van der Waals surface area contributed by atoms with Crippen LogP contribution < -0.4 is 5.32 Å². The standard InChI is InChI=1S/C16H32N2/c1-5-12(3)10-18-11-15(13(4)6-2)17-9-16(18)14-7-8-14/h12-17H,5-11H2,1-4H3. The topological polar surface area (TPSA) is 15.3 Å². The summed E-state index contributed by atoms with van der Waals surface area (Å²) in [6.45, 7) is 13.3. The van der Waals surface area contributed by atoms with Crippen LogP contribution in [0.5, 0.6) is 0 Å². The maximum absolute atomic E-state index is 3.82. The highest BCUT2D eigenvalue weighted by Gasteiger charge is 2.39. The van der Waals surface area contributed by atoms with Crippen LogP contribution in [0.2, 0.25) is 0 Å². The molecule has 2 rings (SSSR count). The SMILES string of the molecule is CCC(C)CN1CC(C(C)CC)NCC1C1CC1. The molecule has 0 aromatic heterocycles. The first kappa shape index (κ1) is 14.3. The molecule has 4 unspecified atom stereocenters. The van der Waals surface area contributed by atoms with Gasteiger partial charge in [0.2, 0.25) is 0 Å². The maximum Gasteiger partial charge on any atom is 0.0249 e. The van der Waals surface area contributed by atoms with Gasteiger partial charge in [-0.2, -0.15) is 0 Å². The highest BCUT2D eigenvalue weighted by molar-refractivity contribution is 4.96. The van der Waals surface area contributed by atoms with Crippen LogP contribution in [-0.2, 0) is 0 Å². The molecule has 1 aliphatic carbocycles. The zero-order valence-corrected chi connectivity index (χ0v) is 12.8. The summed E-state index contributed by atoms with van der Waals surface area (Å²) in [6, 6.07) is 1.55. The van der Waals surface area contributed by atoms with Crippen LogP contribution in [0.4, 0.5) is 0 Å². The third-order valence-electron chi connectivity index (χ3n) is 5.23. The molecule has 1 aliphatic heterocycles. The van der Waals surface area contributed by atoms with Gasteiger partial charge < -0.3 is 5.32 Å². The Morgan fingerprint density at radius 1 is 1.17 bits per heavy atom. The molecule has 0 aromatic rings. The molecule has 2 heteroatoms. The normalized spacial score (nSPS) is 33.3. The minimum absolute atomic E-state index is 0.717. The van der Waals surface area contributed by atoms with E-state index in [0.29, 0.717) is 6.04 Å². The fourth-order valence-corrected chi connectivity index (χ4v) is 3.20. The molecule has 1 N–H and O–H groups in total. The Labute approximate surface area is 114 Å². The summed E-state index contributed by atoms with van der Waals surface area (Å²) < 4.78 is 0. The highest BCUT2D eigenvalue weighted by Crippen LogP contribution is 2.37. The van der Waals surface area contributed by atoms with Crippen molar-refractivity contribution in [2.24, 2.45) is 17.8 Å². The van der Waals surface area contributed by atoms with E-state index >= 15 is 0 Å². The largest absolute Gasteiger partial charge is 0.311 e. The molecule has 0 amide bonds. The van der Waals surface area contributed by atoms with Gasteiger partial charge in [-0.05, 0) is 30.6 Å². The van der Waals surface area contributed by atoms with Crippen molar-refractivity contribution >= 4 is 0 Å². The lowest BCUT2D eigenvalue weighted by Crippen LogP contribution is -2.59. The molecule has 106 valence electrons. The van der Waals surface area contributed by atoms with Crippen LogP contribution in [0.1, 0.15) is 53.4 Å². The molecule has 4 atom stereocenters. The molecule has 18 heavy (non-hydrogen) atoms. The van der Waals surface area contributed by atoms with Crippen LogP contribution in [-0.4, -0.2) is 36.6 Å². The number of nitrogens with one attached hydrogen (secondary N) is 1. The van der Waals surface area contributed by atoms with Gasteiger partial charge in [-0.15, -0.1) is 0 Å². The van der Waals surface area contributed by atoms with E-state index in [2.05, 4.69) is 37.9 Å². The van der Waals surface area contributed by atoms with Crippen molar-refractivity contribution in [3.8, 4) is 0 Å². The van der Waals surface area contributed by atoms with Crippen molar-refractivity contribution in [2.75, 3.05) is 19.6 Å². The first-order valence-corrected chi connectivity index (χ1v) is 8.13. The van der Waals surface area contributed by atoms with Crippen molar-refractivity contribution in [3.63, 3.8) is 0 Å². The summed E-state index contributed by atoms with van der Waals surface area (Å²) in [5.41, 5.74) is 0. The predicted molar refractivity (Wildman–Crippen MR) is 78.8 cm³/mol. The Morgan fingerprint density at radius 3 is 2.44 bits per heavy atom. The van der Waals surface area contributed by atoms with Crippen LogP contribution in [0.15, 0.2) is 0 Å². The molecule has 1 saturated carbocycles. The monoisotopic (exact) mass is 252 g/mol. The molecule has 0 radical (unpaired) electrons. The van der Waals surface area contributed by atoms with Gasteiger partial charge in [0.15, 0.2) is 0 Å². The molecular weight excluding hydrogens is 220 g/mol. The number of nitrogens with zero attached hydrogens (tertiary/aromatic N) is 1. The van der Waals surface area contributed by atoms with E-state index in [1.165, 1.54) is 45.3 Å². The number of hydrogen-bond acceptors (Lipinski definition) is 2. The van der Waals surface area contributed by atoms with E-state index < -0.39 is 0 Å². The summed E-state index contributed by atoms with van der Waals surface area (Å²) in [4.78, 5) is 2.82. The van der Waals surface area contributed by atoms with E-state index in [1.807, 2.05) is 0 Å². The minimum Gasteiger partial charge on any atom is -0.311 e. The maximum atomic E-state index is 3.82. The van der Waals surface area contributed by atoms with Crippen LogP contribution >= 0.6 is 0 Å². The molecule has 0 bridgehead atoms. The number of piperazine rings is 1. The second-order valence-corrected chi connectivity index (χ2v) is 6.77. The van der Waals surface area contributed by atoms with E-state index in [4.69, 9.17) is 0 Å². The van der Waals surface area contributed by atoms with E-state index in [-0.39, 0.29) is 0 Å². The van der Waals surface area contributed by atoms with E-state index in [1.54, 1.807) is 0 Å². The average molecular weight is 252 g/mol. The Balaban J connectivity index is 1.94. The zero-order valence-electron chi connectivity index (χ0n) is 12.8. The molecule has 2 fully saturated rings. The lowest BCUT2D eigenvalue weighted by molar-refractivity contribution is 0.0818. The summed E-state index contributed by atoms with van der Waals surface area (Å²) in [7, 11) is 0. The van der Waals surface area contributed by atoms with Gasteiger partial charge in [-0.3, -0.25) is 4.90 Å². The van der Waals surface area contributed by atoms with Gasteiger partial charge in [0.25, 0.3) is 0 Å². The molecule has 0 aromatic carbocycles. The lowest BCUT2D eigenvalue weighted by Gasteiger charge is -2.43. The number of hydrogen-bond donors (Lipinski definition) is 1. The second-order valence-electron chi connectivity index (χ2n) is 6.77. The van der Waals surface area contributed by atoms with Crippen molar-refractivity contribution in [3.05, 3.63) is 0 Å². The lowest BCUT2D eigenvalue weighted by atomic mass is 9.93. The second kappa shape index (κ2) is 6.38. The smallest absolute Gasteiger partial charge is 0.0249 e. The van der Waals surface area contributed by atoms with Gasteiger partial charge in [0.1, 0.15) is 0 Å².